The lowest BCUT2D eigenvalue weighted by Gasteiger charge is -2.13. The van der Waals surface area contributed by atoms with E-state index in [0.29, 0.717) is 27.0 Å². The second-order valence-corrected chi connectivity index (χ2v) is 5.76. The van der Waals surface area contributed by atoms with E-state index in [1.54, 1.807) is 30.5 Å². The molecule has 2 aromatic rings. The van der Waals surface area contributed by atoms with Crippen LogP contribution in [0.4, 0.5) is 11.4 Å². The lowest BCUT2D eigenvalue weighted by Crippen LogP contribution is -2.31. The Labute approximate surface area is 139 Å². The first-order valence-corrected chi connectivity index (χ1v) is 7.73. The van der Waals surface area contributed by atoms with E-state index in [1.165, 1.54) is 6.20 Å². The second-order valence-electron chi connectivity index (χ2n) is 4.97. The molecule has 1 atom stereocenters. The maximum atomic E-state index is 12.1. The summed E-state index contributed by atoms with van der Waals surface area (Å²) in [6.45, 7) is 3.97. The van der Waals surface area contributed by atoms with E-state index in [0.717, 1.165) is 6.42 Å². The highest BCUT2D eigenvalue weighted by atomic mass is 35.5. The van der Waals surface area contributed by atoms with Crippen LogP contribution in [0.15, 0.2) is 36.7 Å². The molecule has 4 nitrogen and oxygen atoms in total. The van der Waals surface area contributed by atoms with Gasteiger partial charge < -0.3 is 10.6 Å². The van der Waals surface area contributed by atoms with Crippen molar-refractivity contribution in [2.45, 2.75) is 26.3 Å². The molecule has 1 heterocycles. The second kappa shape index (κ2) is 7.47. The van der Waals surface area contributed by atoms with Gasteiger partial charge in [-0.25, -0.2) is 0 Å². The number of hydrogen-bond acceptors (Lipinski definition) is 3. The topological polar surface area (TPSA) is 54.0 Å². The normalized spacial score (nSPS) is 11.8. The fraction of sp³-hybridized carbons (Fsp3) is 0.250. The molecule has 0 radical (unpaired) electrons. The number of anilines is 2. The van der Waals surface area contributed by atoms with Crippen LogP contribution in [-0.2, 0) is 0 Å². The molecule has 116 valence electrons. The van der Waals surface area contributed by atoms with Crippen molar-refractivity contribution >= 4 is 40.5 Å². The third-order valence-corrected chi connectivity index (χ3v) is 4.04. The number of hydrogen-bond donors (Lipinski definition) is 2. The van der Waals surface area contributed by atoms with E-state index >= 15 is 0 Å². The summed E-state index contributed by atoms with van der Waals surface area (Å²) in [5.41, 5.74) is 1.82. The summed E-state index contributed by atoms with van der Waals surface area (Å²) in [5, 5.41) is 6.91. The van der Waals surface area contributed by atoms with Gasteiger partial charge in [-0.1, -0.05) is 36.2 Å². The standard InChI is InChI=1S/C16H17Cl2N3O/c1-3-10(2)20-16(22)11-7-12(9-19-8-11)21-14-6-4-5-13(17)15(14)18/h4-10,21H,3H2,1-2H3,(H,20,22). The highest BCUT2D eigenvalue weighted by Crippen LogP contribution is 2.31. The van der Waals surface area contributed by atoms with E-state index in [1.807, 2.05) is 13.8 Å². The Morgan fingerprint density at radius 1 is 1.32 bits per heavy atom. The van der Waals surface area contributed by atoms with Gasteiger partial charge in [0.1, 0.15) is 0 Å². The van der Waals surface area contributed by atoms with Gasteiger partial charge in [0.25, 0.3) is 5.91 Å². The Morgan fingerprint density at radius 2 is 2.09 bits per heavy atom. The molecule has 1 aromatic carbocycles. The summed E-state index contributed by atoms with van der Waals surface area (Å²) in [5.74, 6) is -0.150. The molecule has 1 amide bonds. The van der Waals surface area contributed by atoms with Gasteiger partial charge in [0.05, 0.1) is 33.2 Å². The minimum atomic E-state index is -0.150. The number of halogens is 2. The van der Waals surface area contributed by atoms with Crippen molar-refractivity contribution in [3.05, 3.63) is 52.3 Å². The average Bonchev–Trinajstić information content (AvgIpc) is 2.52. The summed E-state index contributed by atoms with van der Waals surface area (Å²) < 4.78 is 0. The van der Waals surface area contributed by atoms with Gasteiger partial charge in [0.15, 0.2) is 0 Å². The number of aromatic nitrogens is 1. The van der Waals surface area contributed by atoms with Gasteiger partial charge in [0, 0.05) is 12.2 Å². The molecule has 0 bridgehead atoms. The third kappa shape index (κ3) is 4.12. The zero-order valence-corrected chi connectivity index (χ0v) is 13.9. The smallest absolute Gasteiger partial charge is 0.253 e. The minimum absolute atomic E-state index is 0.117. The van der Waals surface area contributed by atoms with Gasteiger partial charge >= 0.3 is 0 Å². The number of carbonyl (C=O) groups is 1. The van der Waals surface area contributed by atoms with Crippen LogP contribution in [0.5, 0.6) is 0 Å². The fourth-order valence-electron chi connectivity index (χ4n) is 1.80. The Kier molecular flexibility index (Phi) is 5.63. The molecule has 2 rings (SSSR count). The van der Waals surface area contributed by atoms with Crippen molar-refractivity contribution in [1.29, 1.82) is 0 Å². The summed E-state index contributed by atoms with van der Waals surface area (Å²) in [6, 6.07) is 7.15. The number of amides is 1. The summed E-state index contributed by atoms with van der Waals surface area (Å²) in [4.78, 5) is 16.2. The zero-order valence-electron chi connectivity index (χ0n) is 12.4. The first-order valence-electron chi connectivity index (χ1n) is 6.98. The first-order chi connectivity index (χ1) is 10.5. The summed E-state index contributed by atoms with van der Waals surface area (Å²) in [7, 11) is 0. The quantitative estimate of drug-likeness (QED) is 0.834. The monoisotopic (exact) mass is 337 g/mol. The van der Waals surface area contributed by atoms with Crippen molar-refractivity contribution < 1.29 is 4.79 Å². The van der Waals surface area contributed by atoms with Gasteiger partial charge in [-0.15, -0.1) is 0 Å². The fourth-order valence-corrected chi connectivity index (χ4v) is 2.15. The Hall–Kier alpha value is -1.78. The average molecular weight is 338 g/mol. The summed E-state index contributed by atoms with van der Waals surface area (Å²) in [6.07, 6.45) is 4.02. The van der Waals surface area contributed by atoms with Crippen LogP contribution < -0.4 is 10.6 Å². The van der Waals surface area contributed by atoms with Crippen molar-refractivity contribution in [2.24, 2.45) is 0 Å². The third-order valence-electron chi connectivity index (χ3n) is 3.22. The molecular formula is C16H17Cl2N3O. The van der Waals surface area contributed by atoms with E-state index < -0.39 is 0 Å². The molecule has 2 N–H and O–H groups in total. The zero-order chi connectivity index (χ0) is 16.1. The molecule has 0 fully saturated rings. The van der Waals surface area contributed by atoms with Gasteiger partial charge in [0.2, 0.25) is 0 Å². The lowest BCUT2D eigenvalue weighted by atomic mass is 10.2. The van der Waals surface area contributed by atoms with Crippen LogP contribution in [0.1, 0.15) is 30.6 Å². The van der Waals surface area contributed by atoms with E-state index in [2.05, 4.69) is 15.6 Å². The molecule has 0 aliphatic rings. The molecule has 0 saturated carbocycles. The van der Waals surface area contributed by atoms with Crippen LogP contribution in [0, 0.1) is 0 Å². The van der Waals surface area contributed by atoms with Crippen LogP contribution in [0.2, 0.25) is 10.0 Å². The van der Waals surface area contributed by atoms with Crippen LogP contribution >= 0.6 is 23.2 Å². The number of rotatable bonds is 5. The molecule has 1 unspecified atom stereocenters. The van der Waals surface area contributed by atoms with Crippen LogP contribution in [0.3, 0.4) is 0 Å². The van der Waals surface area contributed by atoms with Gasteiger partial charge in [-0.3, -0.25) is 9.78 Å². The number of pyridine rings is 1. The van der Waals surface area contributed by atoms with Gasteiger partial charge in [-0.05, 0) is 31.5 Å². The predicted octanol–water partition coefficient (Wildman–Crippen LogP) is 4.66. The largest absolute Gasteiger partial charge is 0.353 e. The highest BCUT2D eigenvalue weighted by molar-refractivity contribution is 6.43. The molecule has 22 heavy (non-hydrogen) atoms. The van der Waals surface area contributed by atoms with Crippen LogP contribution in [-0.4, -0.2) is 16.9 Å². The van der Waals surface area contributed by atoms with Crippen molar-refractivity contribution in [2.75, 3.05) is 5.32 Å². The highest BCUT2D eigenvalue weighted by Gasteiger charge is 2.10. The molecule has 0 aliphatic heterocycles. The van der Waals surface area contributed by atoms with Crippen molar-refractivity contribution in [3.8, 4) is 0 Å². The summed E-state index contributed by atoms with van der Waals surface area (Å²) >= 11 is 12.1. The molecule has 0 spiro atoms. The van der Waals surface area contributed by atoms with Gasteiger partial charge in [-0.2, -0.15) is 0 Å². The van der Waals surface area contributed by atoms with Crippen LogP contribution in [0.25, 0.3) is 0 Å². The van der Waals surface area contributed by atoms with Crippen molar-refractivity contribution in [1.82, 2.24) is 10.3 Å². The maximum absolute atomic E-state index is 12.1. The molecule has 0 aliphatic carbocycles. The van der Waals surface area contributed by atoms with E-state index in [4.69, 9.17) is 23.2 Å². The Bertz CT molecular complexity index is 676. The molecule has 6 heteroatoms. The maximum Gasteiger partial charge on any atom is 0.253 e. The number of nitrogens with one attached hydrogen (secondary N) is 2. The number of nitrogens with zero attached hydrogens (tertiary/aromatic N) is 1. The van der Waals surface area contributed by atoms with Crippen molar-refractivity contribution in [3.63, 3.8) is 0 Å². The molecule has 0 saturated heterocycles. The molecule has 1 aromatic heterocycles. The number of benzene rings is 1. The first kappa shape index (κ1) is 16.6. The minimum Gasteiger partial charge on any atom is -0.353 e. The predicted molar refractivity (Wildman–Crippen MR) is 91.2 cm³/mol. The lowest BCUT2D eigenvalue weighted by molar-refractivity contribution is 0.0939. The van der Waals surface area contributed by atoms with E-state index in [-0.39, 0.29) is 11.9 Å². The Balaban J connectivity index is 2.18. The molecular weight excluding hydrogens is 321 g/mol. The number of carbonyl (C=O) groups excluding carboxylic acids is 1. The SMILES string of the molecule is CCC(C)NC(=O)c1cncc(Nc2cccc(Cl)c2Cl)c1. The Morgan fingerprint density at radius 3 is 2.82 bits per heavy atom. The van der Waals surface area contributed by atoms with E-state index in [9.17, 15) is 4.79 Å².